The standard InChI is InChI=1S/C13H11NO4S/c1-18-11-6-9(14(16)17)7-13(8-11)19-12-4-2-10(15)3-5-12/h2-8,15H,1H3. The lowest BCUT2D eigenvalue weighted by Crippen LogP contribution is -1.90. The maximum atomic E-state index is 10.8. The van der Waals surface area contributed by atoms with E-state index in [0.717, 1.165) is 4.90 Å². The quantitative estimate of drug-likeness (QED) is 0.684. The molecule has 0 fully saturated rings. The van der Waals surface area contributed by atoms with Crippen molar-refractivity contribution in [3.8, 4) is 11.5 Å². The predicted octanol–water partition coefficient (Wildman–Crippen LogP) is 3.46. The first-order valence-electron chi connectivity index (χ1n) is 5.39. The van der Waals surface area contributed by atoms with Gasteiger partial charge in [-0.3, -0.25) is 10.1 Å². The van der Waals surface area contributed by atoms with Crippen LogP contribution in [0.4, 0.5) is 5.69 Å². The number of non-ortho nitro benzene ring substituents is 1. The Bertz CT molecular complexity index is 598. The van der Waals surface area contributed by atoms with Gasteiger partial charge in [0.25, 0.3) is 5.69 Å². The second-order valence-corrected chi connectivity index (χ2v) is 4.87. The maximum Gasteiger partial charge on any atom is 0.274 e. The number of hydrogen-bond donors (Lipinski definition) is 1. The predicted molar refractivity (Wildman–Crippen MR) is 71.9 cm³/mol. The summed E-state index contributed by atoms with van der Waals surface area (Å²) >= 11 is 1.36. The smallest absolute Gasteiger partial charge is 0.274 e. The van der Waals surface area contributed by atoms with Crippen molar-refractivity contribution < 1.29 is 14.8 Å². The molecule has 0 saturated heterocycles. The third kappa shape index (κ3) is 3.38. The number of nitrogens with zero attached hydrogens (tertiary/aromatic N) is 1. The lowest BCUT2D eigenvalue weighted by atomic mass is 10.3. The van der Waals surface area contributed by atoms with E-state index in [1.165, 1.54) is 31.0 Å². The van der Waals surface area contributed by atoms with Crippen molar-refractivity contribution in [3.05, 3.63) is 52.6 Å². The lowest BCUT2D eigenvalue weighted by molar-refractivity contribution is -0.385. The highest BCUT2D eigenvalue weighted by atomic mass is 32.2. The molecule has 0 amide bonds. The first-order valence-corrected chi connectivity index (χ1v) is 6.20. The van der Waals surface area contributed by atoms with Crippen LogP contribution in [0.5, 0.6) is 11.5 Å². The van der Waals surface area contributed by atoms with Gasteiger partial charge in [0.05, 0.1) is 18.1 Å². The van der Waals surface area contributed by atoms with Crippen LogP contribution in [-0.4, -0.2) is 17.1 Å². The summed E-state index contributed by atoms with van der Waals surface area (Å²) < 4.78 is 5.04. The molecule has 0 atom stereocenters. The van der Waals surface area contributed by atoms with Gasteiger partial charge in [-0.1, -0.05) is 11.8 Å². The van der Waals surface area contributed by atoms with Crippen LogP contribution in [0, 0.1) is 10.1 Å². The molecule has 0 saturated carbocycles. The Morgan fingerprint density at radius 3 is 2.42 bits per heavy atom. The number of ether oxygens (including phenoxy) is 1. The number of rotatable bonds is 4. The van der Waals surface area contributed by atoms with Gasteiger partial charge in [0.2, 0.25) is 0 Å². The summed E-state index contributed by atoms with van der Waals surface area (Å²) in [5.41, 5.74) is -0.0133. The van der Waals surface area contributed by atoms with Crippen LogP contribution < -0.4 is 4.74 Å². The Morgan fingerprint density at radius 1 is 1.16 bits per heavy atom. The zero-order valence-corrected chi connectivity index (χ0v) is 10.9. The SMILES string of the molecule is COc1cc(Sc2ccc(O)cc2)cc([N+](=O)[O-])c1. The molecule has 98 valence electrons. The highest BCUT2D eigenvalue weighted by Crippen LogP contribution is 2.34. The van der Waals surface area contributed by atoms with Gasteiger partial charge in [0.15, 0.2) is 0 Å². The maximum absolute atomic E-state index is 10.8. The summed E-state index contributed by atoms with van der Waals surface area (Å²) in [4.78, 5) is 12.0. The van der Waals surface area contributed by atoms with E-state index in [1.807, 2.05) is 0 Å². The van der Waals surface area contributed by atoms with Gasteiger partial charge in [0.1, 0.15) is 11.5 Å². The molecule has 2 aromatic carbocycles. The Labute approximate surface area is 114 Å². The molecule has 0 aliphatic carbocycles. The molecule has 2 aromatic rings. The van der Waals surface area contributed by atoms with Crippen LogP contribution in [0.15, 0.2) is 52.3 Å². The molecule has 0 aromatic heterocycles. The van der Waals surface area contributed by atoms with Crippen molar-refractivity contribution >= 4 is 17.4 Å². The normalized spacial score (nSPS) is 10.2. The van der Waals surface area contributed by atoms with Crippen molar-refractivity contribution in [3.63, 3.8) is 0 Å². The van der Waals surface area contributed by atoms with Gasteiger partial charge in [-0.2, -0.15) is 0 Å². The summed E-state index contributed by atoms with van der Waals surface area (Å²) in [5.74, 6) is 0.622. The summed E-state index contributed by atoms with van der Waals surface area (Å²) in [6.07, 6.45) is 0. The molecule has 0 spiro atoms. The summed E-state index contributed by atoms with van der Waals surface area (Å²) in [6.45, 7) is 0. The molecule has 0 radical (unpaired) electrons. The van der Waals surface area contributed by atoms with Gasteiger partial charge in [0, 0.05) is 15.9 Å². The molecule has 0 unspecified atom stereocenters. The number of aromatic hydroxyl groups is 1. The zero-order chi connectivity index (χ0) is 13.8. The summed E-state index contributed by atoms with van der Waals surface area (Å²) in [6, 6.07) is 11.2. The molecule has 2 rings (SSSR count). The fourth-order valence-electron chi connectivity index (χ4n) is 1.49. The van der Waals surface area contributed by atoms with E-state index in [4.69, 9.17) is 4.74 Å². The van der Waals surface area contributed by atoms with Crippen LogP contribution >= 0.6 is 11.8 Å². The van der Waals surface area contributed by atoms with Crippen LogP contribution in [0.3, 0.4) is 0 Å². The van der Waals surface area contributed by atoms with E-state index in [1.54, 1.807) is 30.3 Å². The Balaban J connectivity index is 2.31. The van der Waals surface area contributed by atoms with E-state index in [-0.39, 0.29) is 11.4 Å². The number of nitro groups is 1. The second kappa shape index (κ2) is 5.62. The number of nitro benzene ring substituents is 1. The van der Waals surface area contributed by atoms with Crippen molar-refractivity contribution in [1.29, 1.82) is 0 Å². The lowest BCUT2D eigenvalue weighted by Gasteiger charge is -2.05. The zero-order valence-electron chi connectivity index (χ0n) is 10.1. The third-order valence-corrected chi connectivity index (χ3v) is 3.36. The first kappa shape index (κ1) is 13.2. The fourth-order valence-corrected chi connectivity index (χ4v) is 2.39. The highest BCUT2D eigenvalue weighted by molar-refractivity contribution is 7.99. The number of phenolic OH excluding ortho intramolecular Hbond substituents is 1. The van der Waals surface area contributed by atoms with Crippen LogP contribution in [-0.2, 0) is 0 Å². The first-order chi connectivity index (χ1) is 9.08. The van der Waals surface area contributed by atoms with Gasteiger partial charge in [-0.15, -0.1) is 0 Å². The Morgan fingerprint density at radius 2 is 1.84 bits per heavy atom. The topological polar surface area (TPSA) is 72.6 Å². The molecular weight excluding hydrogens is 266 g/mol. The third-order valence-electron chi connectivity index (χ3n) is 2.38. The van der Waals surface area contributed by atoms with Crippen molar-refractivity contribution in [2.24, 2.45) is 0 Å². The average molecular weight is 277 g/mol. The van der Waals surface area contributed by atoms with E-state index in [0.29, 0.717) is 10.6 Å². The average Bonchev–Trinajstić information content (AvgIpc) is 2.41. The summed E-state index contributed by atoms with van der Waals surface area (Å²) in [7, 11) is 1.47. The molecule has 0 bridgehead atoms. The van der Waals surface area contributed by atoms with Gasteiger partial charge < -0.3 is 9.84 Å². The molecule has 5 nitrogen and oxygen atoms in total. The molecule has 0 aliphatic rings. The van der Waals surface area contributed by atoms with Crippen molar-refractivity contribution in [2.75, 3.05) is 7.11 Å². The minimum Gasteiger partial charge on any atom is -0.508 e. The van der Waals surface area contributed by atoms with Crippen LogP contribution in [0.1, 0.15) is 0 Å². The molecule has 0 heterocycles. The van der Waals surface area contributed by atoms with Gasteiger partial charge in [-0.05, 0) is 30.3 Å². The number of hydrogen-bond acceptors (Lipinski definition) is 5. The fraction of sp³-hybridized carbons (Fsp3) is 0.0769. The molecule has 0 aliphatic heterocycles. The van der Waals surface area contributed by atoms with Crippen LogP contribution in [0.25, 0.3) is 0 Å². The Kier molecular flexibility index (Phi) is 3.91. The number of phenols is 1. The molecule has 6 heteroatoms. The van der Waals surface area contributed by atoms with E-state index < -0.39 is 4.92 Å². The van der Waals surface area contributed by atoms with E-state index in [2.05, 4.69) is 0 Å². The van der Waals surface area contributed by atoms with Gasteiger partial charge in [-0.25, -0.2) is 0 Å². The largest absolute Gasteiger partial charge is 0.508 e. The number of benzene rings is 2. The van der Waals surface area contributed by atoms with Crippen molar-refractivity contribution in [1.82, 2.24) is 0 Å². The molecule has 1 N–H and O–H groups in total. The second-order valence-electron chi connectivity index (χ2n) is 3.72. The van der Waals surface area contributed by atoms with Gasteiger partial charge >= 0.3 is 0 Å². The van der Waals surface area contributed by atoms with E-state index in [9.17, 15) is 15.2 Å². The van der Waals surface area contributed by atoms with Crippen LogP contribution in [0.2, 0.25) is 0 Å². The minimum atomic E-state index is -0.455. The van der Waals surface area contributed by atoms with Crippen molar-refractivity contribution in [2.45, 2.75) is 9.79 Å². The monoisotopic (exact) mass is 277 g/mol. The molecular formula is C13H11NO4S. The highest BCUT2D eigenvalue weighted by Gasteiger charge is 2.11. The number of methoxy groups -OCH3 is 1. The Hall–Kier alpha value is -2.21. The summed E-state index contributed by atoms with van der Waals surface area (Å²) in [5, 5.41) is 20.0. The van der Waals surface area contributed by atoms with E-state index >= 15 is 0 Å². The minimum absolute atomic E-state index is 0.0133. The molecule has 19 heavy (non-hydrogen) atoms.